The Balaban J connectivity index is 2.94. The van der Waals surface area contributed by atoms with Crippen molar-refractivity contribution in [2.45, 2.75) is 20.0 Å². The predicted molar refractivity (Wildman–Crippen MR) is 58.4 cm³/mol. The second kappa shape index (κ2) is 5.14. The van der Waals surface area contributed by atoms with Crippen molar-refractivity contribution in [2.24, 2.45) is 10.9 Å². The number of oxime groups is 1. The van der Waals surface area contributed by atoms with E-state index in [4.69, 9.17) is 10.6 Å². The Labute approximate surface area is 88.7 Å². The maximum Gasteiger partial charge on any atom is 0.271 e. The maximum absolute atomic E-state index is 11.1. The van der Waals surface area contributed by atoms with Crippen molar-refractivity contribution in [1.29, 1.82) is 0 Å². The molecular weight excluding hydrogens is 192 g/mol. The molecule has 2 N–H and O–H groups in total. The van der Waals surface area contributed by atoms with E-state index in [-0.39, 0.29) is 11.8 Å². The molecule has 0 aliphatic heterocycles. The van der Waals surface area contributed by atoms with Crippen LogP contribution in [0.4, 0.5) is 0 Å². The minimum absolute atomic E-state index is 0.0805. The highest BCUT2D eigenvalue weighted by molar-refractivity contribution is 6.44. The van der Waals surface area contributed by atoms with Gasteiger partial charge >= 0.3 is 0 Å². The number of nitrogens with two attached hydrogens (primary N) is 1. The van der Waals surface area contributed by atoms with Gasteiger partial charge < -0.3 is 10.6 Å². The molecule has 0 aliphatic carbocycles. The molecule has 1 amide bonds. The molecule has 0 aliphatic rings. The lowest BCUT2D eigenvalue weighted by Crippen LogP contribution is -2.25. The fourth-order valence-electron chi connectivity index (χ4n) is 0.994. The third-order valence-corrected chi connectivity index (χ3v) is 1.64. The van der Waals surface area contributed by atoms with Crippen LogP contribution < -0.4 is 5.73 Å². The van der Waals surface area contributed by atoms with Gasteiger partial charge in [0.05, 0.1) is 0 Å². The van der Waals surface area contributed by atoms with E-state index in [2.05, 4.69) is 5.16 Å². The normalized spacial score (nSPS) is 11.5. The summed E-state index contributed by atoms with van der Waals surface area (Å²) >= 11 is 0. The van der Waals surface area contributed by atoms with Crippen LogP contribution in [0.5, 0.6) is 0 Å². The van der Waals surface area contributed by atoms with E-state index in [1.54, 1.807) is 12.1 Å². The number of carbonyl (C=O) groups excluding carboxylic acids is 1. The van der Waals surface area contributed by atoms with Crippen molar-refractivity contribution in [3.8, 4) is 0 Å². The Bertz CT molecular complexity index is 358. The van der Waals surface area contributed by atoms with Gasteiger partial charge in [-0.3, -0.25) is 4.79 Å². The summed E-state index contributed by atoms with van der Waals surface area (Å²) in [5.41, 5.74) is 6.01. The Morgan fingerprint density at radius 1 is 1.33 bits per heavy atom. The Morgan fingerprint density at radius 2 is 1.93 bits per heavy atom. The molecule has 1 aromatic carbocycles. The molecule has 0 aromatic heterocycles. The molecule has 1 aromatic rings. The summed E-state index contributed by atoms with van der Waals surface area (Å²) in [7, 11) is 0. The quantitative estimate of drug-likeness (QED) is 0.596. The third-order valence-electron chi connectivity index (χ3n) is 1.64. The molecule has 0 spiro atoms. The molecule has 0 atom stereocenters. The maximum atomic E-state index is 11.1. The first-order valence-electron chi connectivity index (χ1n) is 4.70. The summed E-state index contributed by atoms with van der Waals surface area (Å²) in [6.07, 6.45) is -0.0805. The van der Waals surface area contributed by atoms with Crippen molar-refractivity contribution in [3.05, 3.63) is 35.9 Å². The zero-order valence-corrected chi connectivity index (χ0v) is 8.81. The van der Waals surface area contributed by atoms with Gasteiger partial charge in [0.15, 0.2) is 5.71 Å². The van der Waals surface area contributed by atoms with Crippen LogP contribution in [0, 0.1) is 0 Å². The zero-order chi connectivity index (χ0) is 11.3. The van der Waals surface area contributed by atoms with Crippen molar-refractivity contribution in [2.75, 3.05) is 0 Å². The molecule has 4 heteroatoms. The molecule has 15 heavy (non-hydrogen) atoms. The highest BCUT2D eigenvalue weighted by Crippen LogP contribution is 2.02. The van der Waals surface area contributed by atoms with Gasteiger partial charge in [-0.25, -0.2) is 0 Å². The first-order valence-corrected chi connectivity index (χ1v) is 4.70. The molecule has 4 nitrogen and oxygen atoms in total. The summed E-state index contributed by atoms with van der Waals surface area (Å²) < 4.78 is 0. The molecule has 80 valence electrons. The molecule has 0 fully saturated rings. The molecule has 0 unspecified atom stereocenters. The summed E-state index contributed by atoms with van der Waals surface area (Å²) in [6.45, 7) is 3.65. The highest BCUT2D eigenvalue weighted by Gasteiger charge is 2.10. The van der Waals surface area contributed by atoms with Gasteiger partial charge in [0, 0.05) is 5.56 Å². The lowest BCUT2D eigenvalue weighted by atomic mass is 10.1. The molecule has 1 rings (SSSR count). The Hall–Kier alpha value is -1.84. The van der Waals surface area contributed by atoms with Gasteiger partial charge in [0.2, 0.25) is 0 Å². The fourth-order valence-corrected chi connectivity index (χ4v) is 0.994. The minimum Gasteiger partial charge on any atom is -0.392 e. The predicted octanol–water partition coefficient (Wildman–Crippen LogP) is 1.30. The number of primary amides is 1. The zero-order valence-electron chi connectivity index (χ0n) is 8.81. The van der Waals surface area contributed by atoms with Crippen LogP contribution in [0.2, 0.25) is 0 Å². The summed E-state index contributed by atoms with van der Waals surface area (Å²) in [4.78, 5) is 16.1. The van der Waals surface area contributed by atoms with E-state index in [0.29, 0.717) is 5.56 Å². The van der Waals surface area contributed by atoms with E-state index in [1.165, 1.54) is 0 Å². The van der Waals surface area contributed by atoms with Crippen LogP contribution in [-0.4, -0.2) is 17.7 Å². The van der Waals surface area contributed by atoms with E-state index in [0.717, 1.165) is 0 Å². The third kappa shape index (κ3) is 3.42. The van der Waals surface area contributed by atoms with Crippen LogP contribution in [0.15, 0.2) is 35.5 Å². The number of nitrogens with zero attached hydrogens (tertiary/aromatic N) is 1. The second-order valence-electron chi connectivity index (χ2n) is 3.32. The largest absolute Gasteiger partial charge is 0.392 e. The molecule has 0 bridgehead atoms. The van der Waals surface area contributed by atoms with Crippen molar-refractivity contribution in [3.63, 3.8) is 0 Å². The van der Waals surface area contributed by atoms with Crippen molar-refractivity contribution < 1.29 is 9.63 Å². The van der Waals surface area contributed by atoms with Crippen LogP contribution in [0.1, 0.15) is 19.4 Å². The smallest absolute Gasteiger partial charge is 0.271 e. The number of carbonyl (C=O) groups is 1. The van der Waals surface area contributed by atoms with Crippen LogP contribution in [-0.2, 0) is 9.63 Å². The molecule has 0 heterocycles. The Kier molecular flexibility index (Phi) is 3.85. The lowest BCUT2D eigenvalue weighted by Gasteiger charge is -2.05. The number of rotatable bonds is 4. The molecule has 0 radical (unpaired) electrons. The van der Waals surface area contributed by atoms with Gasteiger partial charge in [0.25, 0.3) is 5.91 Å². The Morgan fingerprint density at radius 3 is 2.40 bits per heavy atom. The van der Waals surface area contributed by atoms with E-state index >= 15 is 0 Å². The van der Waals surface area contributed by atoms with Gasteiger partial charge in [-0.1, -0.05) is 35.5 Å². The van der Waals surface area contributed by atoms with Crippen LogP contribution >= 0.6 is 0 Å². The first kappa shape index (κ1) is 11.2. The van der Waals surface area contributed by atoms with Crippen molar-refractivity contribution >= 4 is 11.6 Å². The van der Waals surface area contributed by atoms with E-state index < -0.39 is 5.91 Å². The fraction of sp³-hybridized carbons (Fsp3) is 0.273. The number of hydrogen-bond acceptors (Lipinski definition) is 3. The van der Waals surface area contributed by atoms with Gasteiger partial charge in [-0.05, 0) is 13.8 Å². The van der Waals surface area contributed by atoms with E-state index in [9.17, 15) is 4.79 Å². The molecule has 0 saturated carbocycles. The topological polar surface area (TPSA) is 64.7 Å². The van der Waals surface area contributed by atoms with Crippen LogP contribution in [0.25, 0.3) is 0 Å². The highest BCUT2D eigenvalue weighted by atomic mass is 16.6. The number of amides is 1. The van der Waals surface area contributed by atoms with Gasteiger partial charge in [-0.15, -0.1) is 0 Å². The SMILES string of the molecule is CC(C)ON=C(C(N)=O)c1ccccc1. The molecular formula is C11H14N2O2. The summed E-state index contributed by atoms with van der Waals surface area (Å²) in [5, 5.41) is 3.74. The number of hydrogen-bond donors (Lipinski definition) is 1. The second-order valence-corrected chi connectivity index (χ2v) is 3.32. The van der Waals surface area contributed by atoms with Gasteiger partial charge in [-0.2, -0.15) is 0 Å². The monoisotopic (exact) mass is 206 g/mol. The average molecular weight is 206 g/mol. The average Bonchev–Trinajstić information content (AvgIpc) is 2.18. The number of benzene rings is 1. The van der Waals surface area contributed by atoms with Crippen LogP contribution in [0.3, 0.4) is 0 Å². The van der Waals surface area contributed by atoms with Gasteiger partial charge in [0.1, 0.15) is 6.10 Å². The summed E-state index contributed by atoms with van der Waals surface area (Å²) in [6, 6.07) is 8.98. The first-order chi connectivity index (χ1) is 7.11. The van der Waals surface area contributed by atoms with Crippen molar-refractivity contribution in [1.82, 2.24) is 0 Å². The molecule has 0 saturated heterocycles. The lowest BCUT2D eigenvalue weighted by molar-refractivity contribution is -0.112. The minimum atomic E-state index is -0.596. The standard InChI is InChI=1S/C11H14N2O2/c1-8(2)15-13-10(11(12)14)9-6-4-3-5-7-9/h3-8H,1-2H3,(H2,12,14). The van der Waals surface area contributed by atoms with E-state index in [1.807, 2.05) is 32.0 Å². The summed E-state index contributed by atoms with van der Waals surface area (Å²) in [5.74, 6) is -0.596.